The molecular formula is C11H14N2O5. The third-order valence-electron chi connectivity index (χ3n) is 2.30. The van der Waals surface area contributed by atoms with Crippen molar-refractivity contribution in [3.05, 3.63) is 33.9 Å². The Labute approximate surface area is 104 Å². The SMILES string of the molecule is COc1cccc([N+](=O)[O-])c1C(=O)N[C@H](C)CO. The van der Waals surface area contributed by atoms with E-state index in [-0.39, 0.29) is 23.6 Å². The highest BCUT2D eigenvalue weighted by Gasteiger charge is 2.25. The van der Waals surface area contributed by atoms with Gasteiger partial charge in [-0.2, -0.15) is 0 Å². The van der Waals surface area contributed by atoms with Crippen LogP contribution in [0.4, 0.5) is 5.69 Å². The van der Waals surface area contributed by atoms with Gasteiger partial charge in [0.1, 0.15) is 5.75 Å². The van der Waals surface area contributed by atoms with Crippen molar-refractivity contribution in [2.75, 3.05) is 13.7 Å². The maximum absolute atomic E-state index is 11.9. The molecule has 0 saturated carbocycles. The van der Waals surface area contributed by atoms with E-state index in [1.165, 1.54) is 25.3 Å². The Balaban J connectivity index is 3.19. The van der Waals surface area contributed by atoms with Crippen LogP contribution in [0.25, 0.3) is 0 Å². The molecular weight excluding hydrogens is 240 g/mol. The summed E-state index contributed by atoms with van der Waals surface area (Å²) in [6.45, 7) is 1.33. The van der Waals surface area contributed by atoms with Gasteiger partial charge in [0.05, 0.1) is 18.6 Å². The molecule has 0 bridgehead atoms. The number of nitrogens with one attached hydrogen (secondary N) is 1. The van der Waals surface area contributed by atoms with Crippen LogP contribution in [-0.2, 0) is 0 Å². The zero-order valence-corrected chi connectivity index (χ0v) is 10.0. The number of carbonyl (C=O) groups is 1. The minimum absolute atomic E-state index is 0.117. The summed E-state index contributed by atoms with van der Waals surface area (Å²) in [6, 6.07) is 3.62. The molecule has 18 heavy (non-hydrogen) atoms. The maximum atomic E-state index is 11.9. The highest BCUT2D eigenvalue weighted by atomic mass is 16.6. The molecule has 0 radical (unpaired) electrons. The molecule has 0 heterocycles. The van der Waals surface area contributed by atoms with Crippen LogP contribution in [0.15, 0.2) is 18.2 Å². The van der Waals surface area contributed by atoms with Crippen molar-refractivity contribution in [1.82, 2.24) is 5.32 Å². The summed E-state index contributed by atoms with van der Waals surface area (Å²) in [4.78, 5) is 22.1. The number of amides is 1. The molecule has 0 spiro atoms. The Morgan fingerprint density at radius 3 is 2.78 bits per heavy atom. The average molecular weight is 254 g/mol. The molecule has 0 aromatic heterocycles. The number of aliphatic hydroxyl groups is 1. The quantitative estimate of drug-likeness (QED) is 0.595. The smallest absolute Gasteiger partial charge is 0.285 e. The summed E-state index contributed by atoms with van der Waals surface area (Å²) < 4.78 is 4.94. The first kappa shape index (κ1) is 13.9. The number of ether oxygens (including phenoxy) is 1. The number of hydrogen-bond donors (Lipinski definition) is 2. The standard InChI is InChI=1S/C11H14N2O5/c1-7(6-14)12-11(15)10-8(13(16)17)4-3-5-9(10)18-2/h3-5,7,14H,6H2,1-2H3,(H,12,15)/t7-/m1/s1. The molecule has 0 fully saturated rings. The first-order valence-electron chi connectivity index (χ1n) is 5.24. The number of benzene rings is 1. The van der Waals surface area contributed by atoms with Gasteiger partial charge in [-0.1, -0.05) is 6.07 Å². The third-order valence-corrected chi connectivity index (χ3v) is 2.30. The van der Waals surface area contributed by atoms with Gasteiger partial charge in [-0.15, -0.1) is 0 Å². The molecule has 1 aromatic carbocycles. The molecule has 1 amide bonds. The van der Waals surface area contributed by atoms with Crippen LogP contribution in [0, 0.1) is 10.1 Å². The lowest BCUT2D eigenvalue weighted by atomic mass is 10.1. The van der Waals surface area contributed by atoms with Crippen LogP contribution in [0.2, 0.25) is 0 Å². The van der Waals surface area contributed by atoms with Crippen LogP contribution in [-0.4, -0.2) is 35.7 Å². The first-order valence-corrected chi connectivity index (χ1v) is 5.24. The molecule has 7 heteroatoms. The van der Waals surface area contributed by atoms with Crippen LogP contribution < -0.4 is 10.1 Å². The molecule has 1 rings (SSSR count). The molecule has 7 nitrogen and oxygen atoms in total. The second kappa shape index (κ2) is 5.97. The van der Waals surface area contributed by atoms with Crippen LogP contribution in [0.3, 0.4) is 0 Å². The van der Waals surface area contributed by atoms with Crippen molar-refractivity contribution in [1.29, 1.82) is 0 Å². The maximum Gasteiger partial charge on any atom is 0.285 e. The molecule has 0 unspecified atom stereocenters. The molecule has 0 aliphatic rings. The van der Waals surface area contributed by atoms with Crippen LogP contribution in [0.1, 0.15) is 17.3 Å². The molecule has 1 atom stereocenters. The van der Waals surface area contributed by atoms with Gasteiger partial charge in [0.25, 0.3) is 11.6 Å². The van der Waals surface area contributed by atoms with E-state index < -0.39 is 16.9 Å². The summed E-state index contributed by atoms with van der Waals surface area (Å²) in [5, 5.41) is 22.2. The van der Waals surface area contributed by atoms with Crippen molar-refractivity contribution >= 4 is 11.6 Å². The van der Waals surface area contributed by atoms with Crippen molar-refractivity contribution < 1.29 is 19.6 Å². The van der Waals surface area contributed by atoms with E-state index >= 15 is 0 Å². The van der Waals surface area contributed by atoms with Gasteiger partial charge in [-0.25, -0.2) is 0 Å². The zero-order chi connectivity index (χ0) is 13.7. The van der Waals surface area contributed by atoms with E-state index in [1.54, 1.807) is 6.92 Å². The lowest BCUT2D eigenvalue weighted by Crippen LogP contribution is -2.35. The summed E-state index contributed by atoms with van der Waals surface area (Å²) in [6.07, 6.45) is 0. The van der Waals surface area contributed by atoms with Gasteiger partial charge in [0, 0.05) is 12.1 Å². The Morgan fingerprint density at radius 2 is 2.28 bits per heavy atom. The fraction of sp³-hybridized carbons (Fsp3) is 0.364. The second-order valence-corrected chi connectivity index (χ2v) is 3.67. The Kier molecular flexibility index (Phi) is 4.61. The normalized spacial score (nSPS) is 11.7. The highest BCUT2D eigenvalue weighted by molar-refractivity contribution is 6.01. The predicted octanol–water partition coefficient (Wildman–Crippen LogP) is 0.714. The average Bonchev–Trinajstić information content (AvgIpc) is 2.37. The van der Waals surface area contributed by atoms with Gasteiger partial charge in [0.2, 0.25) is 0 Å². The molecule has 98 valence electrons. The number of rotatable bonds is 5. The van der Waals surface area contributed by atoms with Gasteiger partial charge in [0.15, 0.2) is 5.56 Å². The van der Waals surface area contributed by atoms with Crippen molar-refractivity contribution in [2.45, 2.75) is 13.0 Å². The van der Waals surface area contributed by atoms with Gasteiger partial charge in [-0.3, -0.25) is 14.9 Å². The molecule has 0 aliphatic heterocycles. The van der Waals surface area contributed by atoms with E-state index in [0.29, 0.717) is 0 Å². The molecule has 2 N–H and O–H groups in total. The second-order valence-electron chi connectivity index (χ2n) is 3.67. The van der Waals surface area contributed by atoms with Crippen molar-refractivity contribution in [3.8, 4) is 5.75 Å². The number of nitro benzene ring substituents is 1. The van der Waals surface area contributed by atoms with Gasteiger partial charge >= 0.3 is 0 Å². The molecule has 1 aromatic rings. The summed E-state index contributed by atoms with van der Waals surface area (Å²) in [5.74, 6) is -0.535. The van der Waals surface area contributed by atoms with Crippen molar-refractivity contribution in [2.24, 2.45) is 0 Å². The molecule has 0 saturated heterocycles. The van der Waals surface area contributed by atoms with Crippen LogP contribution in [0.5, 0.6) is 5.75 Å². The zero-order valence-electron chi connectivity index (χ0n) is 10.0. The summed E-state index contributed by atoms with van der Waals surface area (Å²) in [5.41, 5.74) is -0.484. The van der Waals surface area contributed by atoms with E-state index in [0.717, 1.165) is 0 Å². The summed E-state index contributed by atoms with van der Waals surface area (Å²) in [7, 11) is 1.32. The third kappa shape index (κ3) is 2.95. The summed E-state index contributed by atoms with van der Waals surface area (Å²) >= 11 is 0. The predicted molar refractivity (Wildman–Crippen MR) is 63.7 cm³/mol. The monoisotopic (exact) mass is 254 g/mol. The van der Waals surface area contributed by atoms with E-state index in [9.17, 15) is 14.9 Å². The largest absolute Gasteiger partial charge is 0.496 e. The van der Waals surface area contributed by atoms with Gasteiger partial charge in [-0.05, 0) is 13.0 Å². The van der Waals surface area contributed by atoms with Crippen LogP contribution >= 0.6 is 0 Å². The lowest BCUT2D eigenvalue weighted by Gasteiger charge is -2.13. The van der Waals surface area contributed by atoms with E-state index in [1.807, 2.05) is 0 Å². The Hall–Kier alpha value is -2.15. The van der Waals surface area contributed by atoms with E-state index in [2.05, 4.69) is 5.32 Å². The Morgan fingerprint density at radius 1 is 1.61 bits per heavy atom. The lowest BCUT2D eigenvalue weighted by molar-refractivity contribution is -0.385. The Bertz CT molecular complexity index is 461. The minimum atomic E-state index is -0.652. The number of hydrogen-bond acceptors (Lipinski definition) is 5. The highest BCUT2D eigenvalue weighted by Crippen LogP contribution is 2.27. The number of aliphatic hydroxyl groups excluding tert-OH is 1. The fourth-order valence-electron chi connectivity index (χ4n) is 1.41. The first-order chi connectivity index (χ1) is 8.51. The van der Waals surface area contributed by atoms with E-state index in [4.69, 9.17) is 9.84 Å². The number of carbonyl (C=O) groups excluding carboxylic acids is 1. The minimum Gasteiger partial charge on any atom is -0.496 e. The fourth-order valence-corrected chi connectivity index (χ4v) is 1.41. The number of nitro groups is 1. The number of nitrogens with zero attached hydrogens (tertiary/aromatic N) is 1. The topological polar surface area (TPSA) is 102 Å². The van der Waals surface area contributed by atoms with Crippen molar-refractivity contribution in [3.63, 3.8) is 0 Å². The molecule has 0 aliphatic carbocycles. The van der Waals surface area contributed by atoms with Gasteiger partial charge < -0.3 is 15.2 Å². The number of methoxy groups -OCH3 is 1.